The molecule has 0 amide bonds. The fourth-order valence-electron chi connectivity index (χ4n) is 2.10. The third-order valence-electron chi connectivity index (χ3n) is 3.25. The first-order valence-electron chi connectivity index (χ1n) is 6.35. The van der Waals surface area contributed by atoms with Crippen LogP contribution in [0.5, 0.6) is 5.75 Å². The van der Waals surface area contributed by atoms with Crippen molar-refractivity contribution in [2.75, 3.05) is 18.2 Å². The molecule has 5 heteroatoms. The quantitative estimate of drug-likeness (QED) is 0.636. The number of methoxy groups -OCH3 is 1. The molecule has 0 spiro atoms. The molecule has 2 aromatic carbocycles. The number of hydrogen-bond donors (Lipinski definition) is 3. The minimum absolute atomic E-state index is 0.702. The first-order chi connectivity index (χ1) is 9.76. The molecule has 0 aliphatic rings. The highest BCUT2D eigenvalue weighted by Crippen LogP contribution is 2.25. The molecule has 0 unspecified atom stereocenters. The number of aromatic nitrogens is 2. The topological polar surface area (TPSA) is 76.0 Å². The van der Waals surface area contributed by atoms with Crippen molar-refractivity contribution in [3.63, 3.8) is 0 Å². The lowest BCUT2D eigenvalue weighted by Crippen LogP contribution is -2.02. The summed E-state index contributed by atoms with van der Waals surface area (Å²) in [5.41, 5.74) is 9.78. The number of fused-ring (bicyclic) bond motifs is 1. The van der Waals surface area contributed by atoms with Gasteiger partial charge in [0, 0.05) is 11.9 Å². The van der Waals surface area contributed by atoms with Crippen molar-refractivity contribution >= 4 is 22.3 Å². The number of nitrogens with zero attached hydrogens (tertiary/aromatic N) is 1. The molecule has 0 radical (unpaired) electrons. The molecule has 1 heterocycles. The fourth-order valence-corrected chi connectivity index (χ4v) is 2.10. The summed E-state index contributed by atoms with van der Waals surface area (Å²) < 4.78 is 5.14. The molecule has 0 fully saturated rings. The molecule has 1 aromatic heterocycles. The third kappa shape index (κ3) is 2.38. The average molecular weight is 268 g/mol. The summed E-state index contributed by atoms with van der Waals surface area (Å²) in [7, 11) is 1.66. The Kier molecular flexibility index (Phi) is 3.16. The number of ether oxygens (including phenoxy) is 1. The molecule has 4 N–H and O–H groups in total. The Morgan fingerprint density at radius 1 is 1.25 bits per heavy atom. The highest BCUT2D eigenvalue weighted by atomic mass is 16.5. The number of H-pyrrole nitrogens is 1. The molecule has 3 rings (SSSR count). The molecular formula is C15H16N4O. The maximum Gasteiger partial charge on any atom is 0.118 e. The van der Waals surface area contributed by atoms with E-state index in [4.69, 9.17) is 10.5 Å². The summed E-state index contributed by atoms with van der Waals surface area (Å²) in [4.78, 5) is 0. The molecule has 3 aromatic rings. The van der Waals surface area contributed by atoms with E-state index in [9.17, 15) is 0 Å². The number of nitrogens with one attached hydrogen (secondary N) is 2. The third-order valence-corrected chi connectivity index (χ3v) is 3.25. The van der Waals surface area contributed by atoms with E-state index in [2.05, 4.69) is 15.5 Å². The molecule has 0 bridgehead atoms. The molecule has 0 saturated carbocycles. The van der Waals surface area contributed by atoms with Crippen LogP contribution in [0.2, 0.25) is 0 Å². The van der Waals surface area contributed by atoms with Gasteiger partial charge in [-0.05, 0) is 29.8 Å². The van der Waals surface area contributed by atoms with Crippen molar-refractivity contribution in [3.8, 4) is 5.75 Å². The van der Waals surface area contributed by atoms with Gasteiger partial charge in [-0.3, -0.25) is 5.10 Å². The second-order valence-corrected chi connectivity index (χ2v) is 4.60. The summed E-state index contributed by atoms with van der Waals surface area (Å²) in [6.45, 7) is 0.702. The van der Waals surface area contributed by atoms with Crippen LogP contribution < -0.4 is 15.8 Å². The van der Waals surface area contributed by atoms with Gasteiger partial charge >= 0.3 is 0 Å². The summed E-state index contributed by atoms with van der Waals surface area (Å²) in [5, 5.41) is 11.3. The van der Waals surface area contributed by atoms with E-state index >= 15 is 0 Å². The van der Waals surface area contributed by atoms with Gasteiger partial charge in [-0.2, -0.15) is 5.10 Å². The van der Waals surface area contributed by atoms with E-state index in [1.807, 2.05) is 36.4 Å². The zero-order chi connectivity index (χ0) is 13.9. The Balaban J connectivity index is 1.76. The molecule has 5 nitrogen and oxygen atoms in total. The Morgan fingerprint density at radius 2 is 2.05 bits per heavy atom. The maximum absolute atomic E-state index is 6.03. The van der Waals surface area contributed by atoms with Gasteiger partial charge in [-0.15, -0.1) is 0 Å². The number of rotatable bonds is 4. The zero-order valence-corrected chi connectivity index (χ0v) is 11.2. The monoisotopic (exact) mass is 268 g/mol. The molecule has 102 valence electrons. The van der Waals surface area contributed by atoms with Crippen LogP contribution in [0.4, 0.5) is 11.4 Å². The molecule has 0 aliphatic heterocycles. The standard InChI is InChI=1S/C15H16N4O/c1-20-12-4-2-10(3-5-12)8-17-15-7-14-11(6-13(15)16)9-18-19-14/h2-7,9,17H,8,16H2,1H3,(H,18,19). The van der Waals surface area contributed by atoms with Crippen LogP contribution in [0, 0.1) is 0 Å². The van der Waals surface area contributed by atoms with Crippen molar-refractivity contribution in [1.29, 1.82) is 0 Å². The average Bonchev–Trinajstić information content (AvgIpc) is 2.92. The molecule has 0 saturated heterocycles. The summed E-state index contributed by atoms with van der Waals surface area (Å²) in [5.74, 6) is 0.854. The summed E-state index contributed by atoms with van der Waals surface area (Å²) in [6.07, 6.45) is 1.76. The lowest BCUT2D eigenvalue weighted by molar-refractivity contribution is 0.414. The van der Waals surface area contributed by atoms with Crippen LogP contribution in [0.3, 0.4) is 0 Å². The number of nitrogens with two attached hydrogens (primary N) is 1. The van der Waals surface area contributed by atoms with Crippen LogP contribution in [0.25, 0.3) is 10.9 Å². The van der Waals surface area contributed by atoms with E-state index in [0.29, 0.717) is 12.2 Å². The van der Waals surface area contributed by atoms with E-state index in [-0.39, 0.29) is 0 Å². The van der Waals surface area contributed by atoms with Crippen LogP contribution in [-0.4, -0.2) is 17.3 Å². The lowest BCUT2D eigenvalue weighted by atomic mass is 10.2. The first-order valence-corrected chi connectivity index (χ1v) is 6.35. The van der Waals surface area contributed by atoms with E-state index in [1.165, 1.54) is 0 Å². The number of benzene rings is 2. The number of aromatic amines is 1. The summed E-state index contributed by atoms with van der Waals surface area (Å²) in [6, 6.07) is 11.8. The van der Waals surface area contributed by atoms with Gasteiger partial charge in [-0.25, -0.2) is 0 Å². The highest BCUT2D eigenvalue weighted by molar-refractivity contribution is 5.88. The van der Waals surface area contributed by atoms with Gasteiger partial charge in [0.05, 0.1) is 30.2 Å². The first kappa shape index (κ1) is 12.3. The molecule has 0 aliphatic carbocycles. The van der Waals surface area contributed by atoms with Gasteiger partial charge in [0.25, 0.3) is 0 Å². The van der Waals surface area contributed by atoms with Crippen molar-refractivity contribution in [1.82, 2.24) is 10.2 Å². The van der Waals surface area contributed by atoms with Gasteiger partial charge < -0.3 is 15.8 Å². The van der Waals surface area contributed by atoms with Crippen molar-refractivity contribution in [2.45, 2.75) is 6.54 Å². The van der Waals surface area contributed by atoms with Gasteiger partial charge in [-0.1, -0.05) is 12.1 Å². The van der Waals surface area contributed by atoms with Crippen LogP contribution in [-0.2, 0) is 6.54 Å². The SMILES string of the molecule is COc1ccc(CNc2cc3[nH]ncc3cc2N)cc1. The molecule has 20 heavy (non-hydrogen) atoms. The largest absolute Gasteiger partial charge is 0.497 e. The summed E-state index contributed by atoms with van der Waals surface area (Å²) >= 11 is 0. The van der Waals surface area contributed by atoms with Crippen LogP contribution >= 0.6 is 0 Å². The highest BCUT2D eigenvalue weighted by Gasteiger charge is 2.03. The van der Waals surface area contributed by atoms with Gasteiger partial charge in [0.15, 0.2) is 0 Å². The number of nitrogen functional groups attached to an aromatic ring is 1. The minimum Gasteiger partial charge on any atom is -0.497 e. The Labute approximate surface area is 116 Å². The maximum atomic E-state index is 6.03. The van der Waals surface area contributed by atoms with E-state index in [0.717, 1.165) is 27.9 Å². The van der Waals surface area contributed by atoms with Crippen molar-refractivity contribution < 1.29 is 4.74 Å². The van der Waals surface area contributed by atoms with Crippen LogP contribution in [0.15, 0.2) is 42.6 Å². The Hall–Kier alpha value is -2.69. The predicted octanol–water partition coefficient (Wildman–Crippen LogP) is 2.77. The number of hydrogen-bond acceptors (Lipinski definition) is 4. The second-order valence-electron chi connectivity index (χ2n) is 4.60. The van der Waals surface area contributed by atoms with Gasteiger partial charge in [0.2, 0.25) is 0 Å². The van der Waals surface area contributed by atoms with E-state index in [1.54, 1.807) is 13.3 Å². The van der Waals surface area contributed by atoms with Gasteiger partial charge in [0.1, 0.15) is 5.75 Å². The predicted molar refractivity (Wildman–Crippen MR) is 80.8 cm³/mol. The normalized spacial score (nSPS) is 10.7. The van der Waals surface area contributed by atoms with Crippen molar-refractivity contribution in [2.24, 2.45) is 0 Å². The number of anilines is 2. The lowest BCUT2D eigenvalue weighted by Gasteiger charge is -2.10. The van der Waals surface area contributed by atoms with Crippen molar-refractivity contribution in [3.05, 3.63) is 48.2 Å². The van der Waals surface area contributed by atoms with E-state index < -0.39 is 0 Å². The zero-order valence-electron chi connectivity index (χ0n) is 11.2. The second kappa shape index (κ2) is 5.13. The minimum atomic E-state index is 0.702. The fraction of sp³-hybridized carbons (Fsp3) is 0.133. The molecular weight excluding hydrogens is 252 g/mol. The Bertz CT molecular complexity index is 718. The van der Waals surface area contributed by atoms with Crippen LogP contribution in [0.1, 0.15) is 5.56 Å². The molecule has 0 atom stereocenters. The smallest absolute Gasteiger partial charge is 0.118 e. The Morgan fingerprint density at radius 3 is 2.80 bits per heavy atom.